The zero-order valence-corrected chi connectivity index (χ0v) is 19.1. The molecule has 3 aromatic carbocycles. The van der Waals surface area contributed by atoms with E-state index in [1.165, 1.54) is 60.7 Å². The van der Waals surface area contributed by atoms with Crippen LogP contribution in [-0.2, 0) is 9.47 Å². The molecule has 0 aromatic heterocycles. The van der Waals surface area contributed by atoms with E-state index in [0.29, 0.717) is 0 Å². The Morgan fingerprint density at radius 2 is 1.03 bits per heavy atom. The normalized spacial score (nSPS) is 10.1. The number of nitrogens with zero attached hydrogens (tertiary/aromatic N) is 2. The van der Waals surface area contributed by atoms with Gasteiger partial charge in [-0.3, -0.25) is 0 Å². The molecule has 0 atom stereocenters. The second-order valence-electron chi connectivity index (χ2n) is 6.95. The monoisotopic (exact) mass is 492 g/mol. The van der Waals surface area contributed by atoms with Crippen molar-refractivity contribution in [1.82, 2.24) is 0 Å². The molecular weight excluding hydrogens is 474 g/mol. The van der Waals surface area contributed by atoms with Crippen molar-refractivity contribution in [3.8, 4) is 35.1 Å². The lowest BCUT2D eigenvalue weighted by atomic mass is 10.1. The SMILES string of the molecule is CCOC(=O)c1ccc(Oc2c(F)c(C#N)c(C#N)c(F)c2Oc2ccc(C(=O)OCC)cc2)cc1. The number of esters is 2. The zero-order chi connectivity index (χ0) is 26.2. The number of hydrogen-bond acceptors (Lipinski definition) is 8. The lowest BCUT2D eigenvalue weighted by molar-refractivity contribution is 0.0516. The van der Waals surface area contributed by atoms with Crippen LogP contribution in [0.3, 0.4) is 0 Å². The van der Waals surface area contributed by atoms with Crippen molar-refractivity contribution in [2.24, 2.45) is 0 Å². The van der Waals surface area contributed by atoms with Crippen LogP contribution in [0.5, 0.6) is 23.0 Å². The summed E-state index contributed by atoms with van der Waals surface area (Å²) in [5.41, 5.74) is -1.32. The van der Waals surface area contributed by atoms with E-state index in [-0.39, 0.29) is 35.8 Å². The zero-order valence-electron chi connectivity index (χ0n) is 19.1. The minimum atomic E-state index is -1.32. The topological polar surface area (TPSA) is 119 Å². The summed E-state index contributed by atoms with van der Waals surface area (Å²) >= 11 is 0. The molecule has 0 saturated carbocycles. The van der Waals surface area contributed by atoms with Crippen LogP contribution >= 0.6 is 0 Å². The van der Waals surface area contributed by atoms with E-state index in [0.717, 1.165) is 0 Å². The second-order valence-corrected chi connectivity index (χ2v) is 6.95. The van der Waals surface area contributed by atoms with Crippen LogP contribution in [0.1, 0.15) is 45.7 Å². The molecule has 0 heterocycles. The highest BCUT2D eigenvalue weighted by molar-refractivity contribution is 5.90. The van der Waals surface area contributed by atoms with E-state index in [2.05, 4.69) is 0 Å². The van der Waals surface area contributed by atoms with Gasteiger partial charge < -0.3 is 18.9 Å². The van der Waals surface area contributed by atoms with Gasteiger partial charge in [-0.1, -0.05) is 0 Å². The highest BCUT2D eigenvalue weighted by Crippen LogP contribution is 2.42. The van der Waals surface area contributed by atoms with Gasteiger partial charge in [-0.15, -0.1) is 0 Å². The molecule has 0 aliphatic carbocycles. The first-order valence-corrected chi connectivity index (χ1v) is 10.6. The lowest BCUT2D eigenvalue weighted by Crippen LogP contribution is -2.05. The van der Waals surface area contributed by atoms with Crippen molar-refractivity contribution in [2.75, 3.05) is 13.2 Å². The molecule has 0 radical (unpaired) electrons. The Morgan fingerprint density at radius 1 is 0.694 bits per heavy atom. The summed E-state index contributed by atoms with van der Waals surface area (Å²) in [7, 11) is 0. The van der Waals surface area contributed by atoms with Crippen LogP contribution in [0.15, 0.2) is 48.5 Å². The van der Waals surface area contributed by atoms with Gasteiger partial charge in [0.2, 0.25) is 11.5 Å². The van der Waals surface area contributed by atoms with Gasteiger partial charge in [0.05, 0.1) is 24.3 Å². The average Bonchev–Trinajstić information content (AvgIpc) is 2.88. The van der Waals surface area contributed by atoms with Gasteiger partial charge in [-0.05, 0) is 62.4 Å². The van der Waals surface area contributed by atoms with Crippen molar-refractivity contribution >= 4 is 11.9 Å². The van der Waals surface area contributed by atoms with E-state index >= 15 is 8.78 Å². The molecule has 10 heteroatoms. The minimum Gasteiger partial charge on any atom is -0.462 e. The van der Waals surface area contributed by atoms with Crippen LogP contribution in [0.4, 0.5) is 8.78 Å². The quantitative estimate of drug-likeness (QED) is 0.370. The highest BCUT2D eigenvalue weighted by atomic mass is 19.1. The van der Waals surface area contributed by atoms with Gasteiger partial charge in [-0.2, -0.15) is 10.5 Å². The van der Waals surface area contributed by atoms with Gasteiger partial charge in [0.15, 0.2) is 11.6 Å². The summed E-state index contributed by atoms with van der Waals surface area (Å²) < 4.78 is 51.2. The molecule has 0 amide bonds. The maximum Gasteiger partial charge on any atom is 0.338 e. The second kappa shape index (κ2) is 11.4. The van der Waals surface area contributed by atoms with E-state index in [1.54, 1.807) is 13.8 Å². The Labute approximate surface area is 204 Å². The van der Waals surface area contributed by atoms with Gasteiger partial charge in [0.1, 0.15) is 34.8 Å². The summed E-state index contributed by atoms with van der Waals surface area (Å²) in [5, 5.41) is 18.6. The Balaban J connectivity index is 2.03. The summed E-state index contributed by atoms with van der Waals surface area (Å²) in [6.45, 7) is 3.64. The number of nitriles is 2. The standard InChI is InChI=1S/C26H18F2N2O6/c1-3-33-25(31)15-5-9-17(10-6-15)35-23-21(27)19(13-29)20(14-30)22(28)24(23)36-18-11-7-16(8-12-18)26(32)34-4-2/h5-12H,3-4H2,1-2H3. The smallest absolute Gasteiger partial charge is 0.338 e. The fourth-order valence-electron chi connectivity index (χ4n) is 3.02. The first-order valence-electron chi connectivity index (χ1n) is 10.6. The van der Waals surface area contributed by atoms with Crippen LogP contribution in [0, 0.1) is 34.3 Å². The molecule has 182 valence electrons. The van der Waals surface area contributed by atoms with Crippen molar-refractivity contribution < 1.29 is 37.3 Å². The summed E-state index contributed by atoms with van der Waals surface area (Å²) in [5.74, 6) is -5.41. The van der Waals surface area contributed by atoms with Gasteiger partial charge in [0, 0.05) is 0 Å². The fraction of sp³-hybridized carbons (Fsp3) is 0.154. The minimum absolute atomic E-state index is 0.0162. The van der Waals surface area contributed by atoms with Gasteiger partial charge >= 0.3 is 11.9 Å². The van der Waals surface area contributed by atoms with E-state index in [1.807, 2.05) is 0 Å². The third kappa shape index (κ3) is 5.40. The Kier molecular flexibility index (Phi) is 8.16. The number of carbonyl (C=O) groups is 2. The molecule has 36 heavy (non-hydrogen) atoms. The largest absolute Gasteiger partial charge is 0.462 e. The third-order valence-corrected chi connectivity index (χ3v) is 4.69. The van der Waals surface area contributed by atoms with E-state index in [4.69, 9.17) is 18.9 Å². The Morgan fingerprint density at radius 3 is 1.31 bits per heavy atom. The maximum absolute atomic E-state index is 15.2. The van der Waals surface area contributed by atoms with Crippen molar-refractivity contribution in [3.05, 3.63) is 82.4 Å². The van der Waals surface area contributed by atoms with Gasteiger partial charge in [-0.25, -0.2) is 18.4 Å². The number of rotatable bonds is 8. The molecule has 0 unspecified atom stereocenters. The Hall–Kier alpha value is -4.96. The predicted molar refractivity (Wildman–Crippen MR) is 121 cm³/mol. The maximum atomic E-state index is 15.2. The van der Waals surface area contributed by atoms with Crippen LogP contribution in [0.25, 0.3) is 0 Å². The molecule has 0 N–H and O–H groups in total. The number of benzene rings is 3. The number of halogens is 2. The van der Waals surface area contributed by atoms with Crippen LogP contribution in [0.2, 0.25) is 0 Å². The van der Waals surface area contributed by atoms with Crippen LogP contribution in [-0.4, -0.2) is 25.2 Å². The summed E-state index contributed by atoms with van der Waals surface area (Å²) in [6, 6.07) is 13.6. The van der Waals surface area contributed by atoms with Crippen molar-refractivity contribution in [1.29, 1.82) is 10.5 Å². The van der Waals surface area contributed by atoms with Crippen LogP contribution < -0.4 is 9.47 Å². The van der Waals surface area contributed by atoms with Gasteiger partial charge in [0.25, 0.3) is 0 Å². The molecule has 0 aliphatic rings. The third-order valence-electron chi connectivity index (χ3n) is 4.69. The van der Waals surface area contributed by atoms with Crippen molar-refractivity contribution in [3.63, 3.8) is 0 Å². The molecule has 0 aliphatic heterocycles. The highest BCUT2D eigenvalue weighted by Gasteiger charge is 2.28. The molecular formula is C26H18F2N2O6. The first kappa shape index (κ1) is 25.7. The number of carbonyl (C=O) groups excluding carboxylic acids is 2. The number of hydrogen-bond donors (Lipinski definition) is 0. The Bertz CT molecular complexity index is 1270. The summed E-state index contributed by atoms with van der Waals surface area (Å²) in [4.78, 5) is 23.7. The molecule has 8 nitrogen and oxygen atoms in total. The first-order chi connectivity index (χ1) is 17.3. The molecule has 0 saturated heterocycles. The molecule has 3 aromatic rings. The van der Waals surface area contributed by atoms with Crippen molar-refractivity contribution in [2.45, 2.75) is 13.8 Å². The summed E-state index contributed by atoms with van der Waals surface area (Å²) in [6.07, 6.45) is 0. The fourth-order valence-corrected chi connectivity index (χ4v) is 3.02. The molecule has 0 bridgehead atoms. The average molecular weight is 492 g/mol. The molecule has 3 rings (SSSR count). The molecule has 0 fully saturated rings. The van der Waals surface area contributed by atoms with E-state index < -0.39 is 46.2 Å². The predicted octanol–water partition coefficient (Wildman–Crippen LogP) is 5.65. The van der Waals surface area contributed by atoms with E-state index in [9.17, 15) is 20.1 Å². The lowest BCUT2D eigenvalue weighted by Gasteiger charge is -2.16. The molecule has 0 spiro atoms. The number of ether oxygens (including phenoxy) is 4.